The van der Waals surface area contributed by atoms with E-state index < -0.39 is 11.5 Å². The fraction of sp³-hybridized carbons (Fsp3) is 0.875. The normalized spacial score (nSPS) is 37.5. The van der Waals surface area contributed by atoms with E-state index in [0.29, 0.717) is 5.92 Å². The second kappa shape index (κ2) is 2.81. The van der Waals surface area contributed by atoms with Crippen LogP contribution in [0.1, 0.15) is 32.6 Å². The zero-order valence-corrected chi connectivity index (χ0v) is 6.84. The van der Waals surface area contributed by atoms with Gasteiger partial charge >= 0.3 is 5.97 Å². The Morgan fingerprint density at radius 2 is 2.45 bits per heavy atom. The Labute approximate surface area is 66.6 Å². The number of hydrogen-bond acceptors (Lipinski definition) is 2. The molecule has 64 valence electrons. The van der Waals surface area contributed by atoms with Gasteiger partial charge in [0.1, 0.15) is 0 Å². The molecule has 0 heterocycles. The van der Waals surface area contributed by atoms with Crippen LogP contribution in [0, 0.1) is 5.92 Å². The minimum absolute atomic E-state index is 0.122. The van der Waals surface area contributed by atoms with Gasteiger partial charge in [0, 0.05) is 5.54 Å². The van der Waals surface area contributed by atoms with Gasteiger partial charge in [0.2, 0.25) is 0 Å². The highest BCUT2D eigenvalue weighted by Gasteiger charge is 2.35. The molecule has 2 atom stereocenters. The third kappa shape index (κ3) is 2.19. The predicted molar refractivity (Wildman–Crippen MR) is 42.2 cm³/mol. The van der Waals surface area contributed by atoms with E-state index in [1.807, 2.05) is 0 Å². The summed E-state index contributed by atoms with van der Waals surface area (Å²) in [6.45, 7) is 2.12. The van der Waals surface area contributed by atoms with Gasteiger partial charge in [-0.25, -0.2) is 0 Å². The van der Waals surface area contributed by atoms with Crippen molar-refractivity contribution in [2.45, 2.75) is 38.1 Å². The quantitative estimate of drug-likeness (QED) is 0.628. The maximum atomic E-state index is 10.4. The fourth-order valence-electron chi connectivity index (χ4n) is 1.89. The van der Waals surface area contributed by atoms with Crippen LogP contribution >= 0.6 is 0 Å². The molecule has 1 aliphatic carbocycles. The summed E-state index contributed by atoms with van der Waals surface area (Å²) in [6.07, 6.45) is 2.92. The molecule has 3 N–H and O–H groups in total. The molecule has 0 aromatic rings. The van der Waals surface area contributed by atoms with Crippen LogP contribution < -0.4 is 5.73 Å². The van der Waals surface area contributed by atoms with Gasteiger partial charge in [-0.05, 0) is 25.2 Å². The molecule has 11 heavy (non-hydrogen) atoms. The Kier molecular flexibility index (Phi) is 2.18. The summed E-state index contributed by atoms with van der Waals surface area (Å²) in [5.74, 6) is -0.180. The number of rotatable bonds is 2. The SMILES string of the molecule is C[C@@H]1CC[C@@](N)(CC(=O)O)C1. The summed E-state index contributed by atoms with van der Waals surface area (Å²) in [6, 6.07) is 0. The van der Waals surface area contributed by atoms with Gasteiger partial charge in [0.25, 0.3) is 0 Å². The molecule has 3 nitrogen and oxygen atoms in total. The zero-order valence-electron chi connectivity index (χ0n) is 6.84. The van der Waals surface area contributed by atoms with Crippen LogP contribution in [0.5, 0.6) is 0 Å². The molecule has 0 radical (unpaired) electrons. The van der Waals surface area contributed by atoms with Gasteiger partial charge in [-0.3, -0.25) is 4.79 Å². The molecule has 0 aliphatic heterocycles. The summed E-state index contributed by atoms with van der Waals surface area (Å²) in [5.41, 5.74) is 5.46. The first-order valence-electron chi connectivity index (χ1n) is 4.02. The number of hydrogen-bond donors (Lipinski definition) is 2. The van der Waals surface area contributed by atoms with Crippen molar-refractivity contribution in [1.82, 2.24) is 0 Å². The molecule has 0 aromatic heterocycles. The molecule has 1 rings (SSSR count). The van der Waals surface area contributed by atoms with E-state index in [1.54, 1.807) is 0 Å². The van der Waals surface area contributed by atoms with Crippen molar-refractivity contribution in [3.63, 3.8) is 0 Å². The van der Waals surface area contributed by atoms with Gasteiger partial charge in [-0.1, -0.05) is 6.92 Å². The van der Waals surface area contributed by atoms with Gasteiger partial charge in [0.15, 0.2) is 0 Å². The number of nitrogens with two attached hydrogens (primary N) is 1. The molecule has 1 saturated carbocycles. The van der Waals surface area contributed by atoms with Crippen molar-refractivity contribution >= 4 is 5.97 Å². The second-order valence-corrected chi connectivity index (χ2v) is 3.78. The van der Waals surface area contributed by atoms with Crippen LogP contribution in [0.4, 0.5) is 0 Å². The average Bonchev–Trinajstić information content (AvgIpc) is 2.08. The molecule has 0 aromatic carbocycles. The van der Waals surface area contributed by atoms with E-state index in [1.165, 1.54) is 0 Å². The summed E-state index contributed by atoms with van der Waals surface area (Å²) in [7, 11) is 0. The van der Waals surface area contributed by atoms with Crippen LogP contribution in [0.15, 0.2) is 0 Å². The van der Waals surface area contributed by atoms with E-state index in [4.69, 9.17) is 10.8 Å². The molecular weight excluding hydrogens is 142 g/mol. The number of carboxylic acids is 1. The molecule has 3 heteroatoms. The first-order valence-corrected chi connectivity index (χ1v) is 4.02. The maximum Gasteiger partial charge on any atom is 0.305 e. The second-order valence-electron chi connectivity index (χ2n) is 3.78. The van der Waals surface area contributed by atoms with Crippen molar-refractivity contribution in [2.75, 3.05) is 0 Å². The van der Waals surface area contributed by atoms with Crippen LogP contribution in [0.2, 0.25) is 0 Å². The van der Waals surface area contributed by atoms with E-state index in [9.17, 15) is 4.79 Å². The molecule has 1 fully saturated rings. The van der Waals surface area contributed by atoms with Crippen molar-refractivity contribution in [1.29, 1.82) is 0 Å². The molecule has 0 amide bonds. The predicted octanol–water partition coefficient (Wildman–Crippen LogP) is 0.979. The lowest BCUT2D eigenvalue weighted by Gasteiger charge is -2.20. The highest BCUT2D eigenvalue weighted by atomic mass is 16.4. The third-order valence-electron chi connectivity index (χ3n) is 2.39. The van der Waals surface area contributed by atoms with Crippen LogP contribution in [0.3, 0.4) is 0 Å². The Hall–Kier alpha value is -0.570. The standard InChI is InChI=1S/C8H15NO2/c1-6-2-3-8(9,4-6)5-7(10)11/h6H,2-5,9H2,1H3,(H,10,11)/t6-,8+/m1/s1. The average molecular weight is 157 g/mol. The summed E-state index contributed by atoms with van der Waals surface area (Å²) in [4.78, 5) is 10.4. The summed E-state index contributed by atoms with van der Waals surface area (Å²) >= 11 is 0. The van der Waals surface area contributed by atoms with Crippen molar-refractivity contribution in [3.8, 4) is 0 Å². The zero-order chi connectivity index (χ0) is 8.48. The van der Waals surface area contributed by atoms with E-state index in [0.717, 1.165) is 19.3 Å². The number of carboxylic acid groups (broad SMARTS) is 1. The number of carbonyl (C=O) groups is 1. The summed E-state index contributed by atoms with van der Waals surface area (Å²) < 4.78 is 0. The van der Waals surface area contributed by atoms with Crippen molar-refractivity contribution < 1.29 is 9.90 Å². The first kappa shape index (κ1) is 8.53. The van der Waals surface area contributed by atoms with Gasteiger partial charge < -0.3 is 10.8 Å². The maximum absolute atomic E-state index is 10.4. The van der Waals surface area contributed by atoms with E-state index in [-0.39, 0.29) is 6.42 Å². The Morgan fingerprint density at radius 1 is 1.82 bits per heavy atom. The highest BCUT2D eigenvalue weighted by molar-refractivity contribution is 5.68. The van der Waals surface area contributed by atoms with Gasteiger partial charge in [-0.2, -0.15) is 0 Å². The summed E-state index contributed by atoms with van der Waals surface area (Å²) in [5, 5.41) is 8.55. The molecular formula is C8H15NO2. The van der Waals surface area contributed by atoms with Gasteiger partial charge in [-0.15, -0.1) is 0 Å². The monoisotopic (exact) mass is 157 g/mol. The van der Waals surface area contributed by atoms with Gasteiger partial charge in [0.05, 0.1) is 6.42 Å². The third-order valence-corrected chi connectivity index (χ3v) is 2.39. The van der Waals surface area contributed by atoms with Crippen LogP contribution in [-0.4, -0.2) is 16.6 Å². The lowest BCUT2D eigenvalue weighted by atomic mass is 9.94. The lowest BCUT2D eigenvalue weighted by Crippen LogP contribution is -2.39. The smallest absolute Gasteiger partial charge is 0.305 e. The number of aliphatic carboxylic acids is 1. The van der Waals surface area contributed by atoms with Crippen molar-refractivity contribution in [2.24, 2.45) is 11.7 Å². The fourth-order valence-corrected chi connectivity index (χ4v) is 1.89. The molecule has 0 spiro atoms. The Balaban J connectivity index is 2.48. The lowest BCUT2D eigenvalue weighted by molar-refractivity contribution is -0.138. The molecule has 0 bridgehead atoms. The minimum Gasteiger partial charge on any atom is -0.481 e. The Morgan fingerprint density at radius 3 is 2.82 bits per heavy atom. The molecule has 1 aliphatic rings. The Bertz CT molecular complexity index is 169. The van der Waals surface area contributed by atoms with E-state index >= 15 is 0 Å². The van der Waals surface area contributed by atoms with E-state index in [2.05, 4.69) is 6.92 Å². The topological polar surface area (TPSA) is 63.3 Å². The molecule has 0 unspecified atom stereocenters. The molecule has 0 saturated heterocycles. The van der Waals surface area contributed by atoms with Crippen LogP contribution in [0.25, 0.3) is 0 Å². The largest absolute Gasteiger partial charge is 0.481 e. The van der Waals surface area contributed by atoms with Crippen LogP contribution in [-0.2, 0) is 4.79 Å². The van der Waals surface area contributed by atoms with Crippen molar-refractivity contribution in [3.05, 3.63) is 0 Å². The highest BCUT2D eigenvalue weighted by Crippen LogP contribution is 2.34. The first-order chi connectivity index (χ1) is 5.02. The minimum atomic E-state index is -0.776.